The molecule has 0 unspecified atom stereocenters. The van der Waals surface area contributed by atoms with E-state index >= 15 is 0 Å². The minimum atomic E-state index is -1.59. The molecule has 2 aromatic rings. The van der Waals surface area contributed by atoms with Crippen molar-refractivity contribution in [3.05, 3.63) is 69.6 Å². The van der Waals surface area contributed by atoms with Gasteiger partial charge in [0.15, 0.2) is 17.3 Å². The summed E-state index contributed by atoms with van der Waals surface area (Å²) in [6.07, 6.45) is 1.54. The van der Waals surface area contributed by atoms with Crippen molar-refractivity contribution in [1.29, 1.82) is 0 Å². The smallest absolute Gasteiger partial charge is 0.303 e. The molecule has 0 saturated heterocycles. The highest BCUT2D eigenvalue weighted by Gasteiger charge is 2.56. The molecule has 4 rings (SSSR count). The quantitative estimate of drug-likeness (QED) is 0.269. The van der Waals surface area contributed by atoms with Crippen LogP contribution in [0, 0.1) is 6.92 Å². The fourth-order valence-corrected chi connectivity index (χ4v) is 4.65. The van der Waals surface area contributed by atoms with Gasteiger partial charge in [0.25, 0.3) is 0 Å². The number of rotatable bonds is 6. The van der Waals surface area contributed by atoms with Crippen LogP contribution in [0.1, 0.15) is 54.2 Å². The van der Waals surface area contributed by atoms with Crippen molar-refractivity contribution >= 4 is 29.0 Å². The second kappa shape index (κ2) is 8.67. The van der Waals surface area contributed by atoms with E-state index in [0.29, 0.717) is 12.1 Å². The molecule has 9 nitrogen and oxygen atoms in total. The number of Topliss-reactive ketones (excluding diaryl/α,β-unsaturated/α-hetero) is 2. The lowest BCUT2D eigenvalue weighted by molar-refractivity contribution is -0.137. The summed E-state index contributed by atoms with van der Waals surface area (Å²) in [4.78, 5) is 49.9. The molecule has 0 fully saturated rings. The molecule has 1 heterocycles. The number of carboxylic acid groups (broad SMARTS) is 1. The molecule has 0 spiro atoms. The third kappa shape index (κ3) is 3.73. The molecule has 1 atom stereocenters. The summed E-state index contributed by atoms with van der Waals surface area (Å²) in [7, 11) is 0. The van der Waals surface area contributed by atoms with E-state index < -0.39 is 34.5 Å². The maximum atomic E-state index is 13.8. The van der Waals surface area contributed by atoms with Gasteiger partial charge in [-0.2, -0.15) is 0 Å². The summed E-state index contributed by atoms with van der Waals surface area (Å²) in [5.74, 6) is -3.64. The molecule has 1 aliphatic heterocycles. The van der Waals surface area contributed by atoms with Crippen molar-refractivity contribution in [2.45, 2.75) is 46.0 Å². The molecule has 0 bridgehead atoms. The van der Waals surface area contributed by atoms with Gasteiger partial charge in [0.05, 0.1) is 11.1 Å². The minimum Gasteiger partial charge on any atom is -0.507 e. The van der Waals surface area contributed by atoms with Crippen LogP contribution in [0.25, 0.3) is 0 Å². The van der Waals surface area contributed by atoms with Gasteiger partial charge >= 0.3 is 5.97 Å². The van der Waals surface area contributed by atoms with E-state index in [-0.39, 0.29) is 51.6 Å². The fourth-order valence-electron chi connectivity index (χ4n) is 4.65. The largest absolute Gasteiger partial charge is 0.507 e. The average Bonchev–Trinajstić information content (AvgIpc) is 3.10. The van der Waals surface area contributed by atoms with Gasteiger partial charge in [-0.05, 0) is 51.8 Å². The summed E-state index contributed by atoms with van der Waals surface area (Å²) in [6.45, 7) is 5.73. The molecule has 36 heavy (non-hydrogen) atoms. The molecule has 186 valence electrons. The van der Waals surface area contributed by atoms with Crippen molar-refractivity contribution in [2.75, 3.05) is 5.32 Å². The van der Waals surface area contributed by atoms with Gasteiger partial charge in [-0.25, -0.2) is 0 Å². The molecule has 4 N–H and O–H groups in total. The van der Waals surface area contributed by atoms with E-state index in [1.165, 1.54) is 20.8 Å². The van der Waals surface area contributed by atoms with Gasteiger partial charge in [0.2, 0.25) is 0 Å². The van der Waals surface area contributed by atoms with Gasteiger partial charge in [-0.1, -0.05) is 12.1 Å². The highest BCUT2D eigenvalue weighted by molar-refractivity contribution is 6.31. The number of hydrogen-bond donors (Lipinski definition) is 4. The Labute approximate surface area is 206 Å². The fraction of sp³-hybridized carbons (Fsp3) is 0.259. The van der Waals surface area contributed by atoms with Crippen LogP contribution in [0.2, 0.25) is 0 Å². The second-order valence-corrected chi connectivity index (χ2v) is 9.10. The van der Waals surface area contributed by atoms with E-state index in [1.54, 1.807) is 31.2 Å². The Hall–Kier alpha value is -4.40. The number of aryl methyl sites for hydroxylation is 1. The number of ether oxygens (including phenoxy) is 1. The first-order chi connectivity index (χ1) is 16.9. The molecule has 0 saturated carbocycles. The van der Waals surface area contributed by atoms with Crippen LogP contribution in [0.15, 0.2) is 47.4 Å². The number of aromatic hydroxyl groups is 2. The Morgan fingerprint density at radius 1 is 1.06 bits per heavy atom. The summed E-state index contributed by atoms with van der Waals surface area (Å²) >= 11 is 0. The number of ketones is 3. The SMILES string of the molecule is CC(=O)c1c(O)c(C)c(O)c2c1OC1=CC(=O)C(=C(C)Nc3ccc(CCC(=O)O)cc3)C(=O)[C@@]12C. The standard InChI is InChI=1S/C27H25NO8/c1-12-23(33)21(14(3)29)25-22(24(12)34)27(4)18(36-25)11-17(30)20(26(27)35)13(2)28-16-8-5-15(6-9-16)7-10-19(31)32/h5-6,8-9,11,28,33-34H,7,10H2,1-4H3,(H,31,32)/t27-/m0/s1. The van der Waals surface area contributed by atoms with Crippen molar-refractivity contribution in [1.82, 2.24) is 0 Å². The topological polar surface area (TPSA) is 150 Å². The number of hydrogen-bond acceptors (Lipinski definition) is 8. The van der Waals surface area contributed by atoms with Crippen molar-refractivity contribution < 1.29 is 39.2 Å². The van der Waals surface area contributed by atoms with Gasteiger partial charge < -0.3 is 25.4 Å². The zero-order valence-corrected chi connectivity index (χ0v) is 20.2. The first-order valence-corrected chi connectivity index (χ1v) is 11.3. The van der Waals surface area contributed by atoms with Gasteiger partial charge in [-0.15, -0.1) is 0 Å². The predicted molar refractivity (Wildman–Crippen MR) is 129 cm³/mol. The Balaban J connectivity index is 1.76. The molecular formula is C27H25NO8. The number of benzene rings is 2. The maximum Gasteiger partial charge on any atom is 0.303 e. The van der Waals surface area contributed by atoms with Crippen molar-refractivity contribution in [2.24, 2.45) is 0 Å². The van der Waals surface area contributed by atoms with E-state index in [9.17, 15) is 29.4 Å². The molecule has 2 aliphatic rings. The van der Waals surface area contributed by atoms with Crippen LogP contribution >= 0.6 is 0 Å². The van der Waals surface area contributed by atoms with E-state index in [1.807, 2.05) is 0 Å². The van der Waals surface area contributed by atoms with E-state index in [0.717, 1.165) is 11.6 Å². The molecule has 9 heteroatoms. The molecule has 0 amide bonds. The first kappa shape index (κ1) is 24.7. The Morgan fingerprint density at radius 3 is 2.28 bits per heavy atom. The number of anilines is 1. The highest BCUT2D eigenvalue weighted by atomic mass is 16.5. The number of fused-ring (bicyclic) bond motifs is 3. The molecular weight excluding hydrogens is 466 g/mol. The summed E-state index contributed by atoms with van der Waals surface area (Å²) in [5, 5.41) is 33.2. The normalized spacial score (nSPS) is 19.7. The van der Waals surface area contributed by atoms with Crippen LogP contribution in [0.3, 0.4) is 0 Å². The zero-order chi connectivity index (χ0) is 26.5. The number of nitrogens with one attached hydrogen (secondary N) is 1. The first-order valence-electron chi connectivity index (χ1n) is 11.3. The Morgan fingerprint density at radius 2 is 1.69 bits per heavy atom. The lowest BCUT2D eigenvalue weighted by Gasteiger charge is -2.29. The average molecular weight is 491 g/mol. The summed E-state index contributed by atoms with van der Waals surface area (Å²) in [6, 6.07) is 6.94. The van der Waals surface area contributed by atoms with Crippen LogP contribution in [0.5, 0.6) is 17.2 Å². The summed E-state index contributed by atoms with van der Waals surface area (Å²) in [5.41, 5.74) is -0.149. The van der Waals surface area contributed by atoms with Crippen LogP contribution < -0.4 is 10.1 Å². The lowest BCUT2D eigenvalue weighted by atomic mass is 9.70. The number of carbonyl (C=O) groups excluding carboxylic acids is 3. The Kier molecular flexibility index (Phi) is 5.95. The highest BCUT2D eigenvalue weighted by Crippen LogP contribution is 2.57. The van der Waals surface area contributed by atoms with Crippen molar-refractivity contribution in [3.63, 3.8) is 0 Å². The molecule has 0 aromatic heterocycles. The van der Waals surface area contributed by atoms with E-state index in [4.69, 9.17) is 9.84 Å². The number of phenolic OH excluding ortho intramolecular Hbond substituents is 2. The number of aliphatic carboxylic acids is 1. The number of carboxylic acids is 1. The Bertz CT molecular complexity index is 1410. The molecule has 2 aromatic carbocycles. The maximum absolute atomic E-state index is 13.8. The second-order valence-electron chi connectivity index (χ2n) is 9.10. The van der Waals surface area contributed by atoms with Crippen LogP contribution in [0.4, 0.5) is 5.69 Å². The molecule has 0 radical (unpaired) electrons. The third-order valence-corrected chi connectivity index (χ3v) is 6.67. The van der Waals surface area contributed by atoms with E-state index in [2.05, 4.69) is 5.32 Å². The predicted octanol–water partition coefficient (Wildman–Crippen LogP) is 3.70. The van der Waals surface area contributed by atoms with Crippen LogP contribution in [-0.4, -0.2) is 38.6 Å². The van der Waals surface area contributed by atoms with Crippen LogP contribution in [-0.2, 0) is 26.2 Å². The minimum absolute atomic E-state index is 0.00505. The van der Waals surface area contributed by atoms with Gasteiger partial charge in [0, 0.05) is 29.4 Å². The monoisotopic (exact) mass is 491 g/mol. The summed E-state index contributed by atoms with van der Waals surface area (Å²) < 4.78 is 5.76. The molecule has 1 aliphatic carbocycles. The number of allylic oxidation sites excluding steroid dienone is 4. The van der Waals surface area contributed by atoms with Gasteiger partial charge in [-0.3, -0.25) is 19.2 Å². The zero-order valence-electron chi connectivity index (χ0n) is 20.2. The number of carbonyl (C=O) groups is 4. The number of phenols is 2. The van der Waals surface area contributed by atoms with Crippen molar-refractivity contribution in [3.8, 4) is 17.2 Å². The van der Waals surface area contributed by atoms with Gasteiger partial charge in [0.1, 0.15) is 34.0 Å². The lowest BCUT2D eigenvalue weighted by Crippen LogP contribution is -2.40. The third-order valence-electron chi connectivity index (χ3n) is 6.67.